The van der Waals surface area contributed by atoms with Gasteiger partial charge in [-0.3, -0.25) is 9.69 Å². The molecule has 2 heterocycles. The number of aromatic nitrogens is 2. The van der Waals surface area contributed by atoms with Gasteiger partial charge in [0.25, 0.3) is 0 Å². The van der Waals surface area contributed by atoms with Gasteiger partial charge >= 0.3 is 0 Å². The fourth-order valence-corrected chi connectivity index (χ4v) is 1.68. The summed E-state index contributed by atoms with van der Waals surface area (Å²) in [5.74, 6) is 0.996. The van der Waals surface area contributed by atoms with E-state index in [1.807, 2.05) is 6.20 Å². The summed E-state index contributed by atoms with van der Waals surface area (Å²) in [4.78, 5) is 17.0. The van der Waals surface area contributed by atoms with Crippen molar-refractivity contribution in [2.75, 3.05) is 13.6 Å². The minimum absolute atomic E-state index is 0.308. The minimum atomic E-state index is 0.308. The van der Waals surface area contributed by atoms with Gasteiger partial charge in [0.15, 0.2) is 6.29 Å². The van der Waals surface area contributed by atoms with E-state index in [0.717, 1.165) is 25.2 Å². The molecule has 1 aromatic heterocycles. The van der Waals surface area contributed by atoms with E-state index in [-0.39, 0.29) is 0 Å². The van der Waals surface area contributed by atoms with Crippen LogP contribution in [0.4, 0.5) is 0 Å². The number of hydrogen-bond acceptors (Lipinski definition) is 3. The van der Waals surface area contributed by atoms with Gasteiger partial charge in [0.2, 0.25) is 0 Å². The van der Waals surface area contributed by atoms with Crippen molar-refractivity contribution in [3.8, 4) is 0 Å². The van der Waals surface area contributed by atoms with Crippen molar-refractivity contribution in [3.05, 3.63) is 17.7 Å². The van der Waals surface area contributed by atoms with Crippen LogP contribution in [0.5, 0.6) is 0 Å². The third kappa shape index (κ3) is 1.27. The first-order chi connectivity index (χ1) is 6.22. The fourth-order valence-electron chi connectivity index (χ4n) is 1.68. The summed E-state index contributed by atoms with van der Waals surface area (Å²) in [6.45, 7) is 4.05. The Bertz CT molecular complexity index is 332. The third-order valence-corrected chi connectivity index (χ3v) is 2.68. The molecule has 4 heteroatoms. The first-order valence-electron chi connectivity index (χ1n) is 4.45. The van der Waals surface area contributed by atoms with E-state index in [4.69, 9.17) is 0 Å². The molecular formula is C9H13N3O. The predicted octanol–water partition coefficient (Wildman–Crippen LogP) is 0.702. The molecule has 0 fully saturated rings. The Kier molecular flexibility index (Phi) is 1.92. The molecule has 1 aromatic rings. The van der Waals surface area contributed by atoms with Crippen molar-refractivity contribution in [1.82, 2.24) is 14.5 Å². The van der Waals surface area contributed by atoms with Crippen molar-refractivity contribution in [2.24, 2.45) is 0 Å². The lowest BCUT2D eigenvalue weighted by molar-refractivity contribution is 0.111. The van der Waals surface area contributed by atoms with Crippen LogP contribution in [0.2, 0.25) is 0 Å². The Balaban J connectivity index is 2.41. The van der Waals surface area contributed by atoms with Gasteiger partial charge in [0.1, 0.15) is 11.5 Å². The first-order valence-corrected chi connectivity index (χ1v) is 4.45. The normalized spacial score (nSPS) is 22.8. The molecule has 13 heavy (non-hydrogen) atoms. The van der Waals surface area contributed by atoms with Crippen LogP contribution in [0, 0.1) is 0 Å². The molecule has 2 rings (SSSR count). The van der Waals surface area contributed by atoms with E-state index in [0.29, 0.717) is 11.7 Å². The molecule has 0 N–H and O–H groups in total. The topological polar surface area (TPSA) is 38.1 Å². The van der Waals surface area contributed by atoms with Crippen LogP contribution in [0.25, 0.3) is 0 Å². The fraction of sp³-hybridized carbons (Fsp3) is 0.556. The second-order valence-corrected chi connectivity index (χ2v) is 3.49. The minimum Gasteiger partial charge on any atom is -0.332 e. The van der Waals surface area contributed by atoms with E-state index in [1.165, 1.54) is 0 Å². The van der Waals surface area contributed by atoms with Crippen LogP contribution in [0.1, 0.15) is 29.3 Å². The van der Waals surface area contributed by atoms with Crippen LogP contribution >= 0.6 is 0 Å². The van der Waals surface area contributed by atoms with E-state index in [2.05, 4.69) is 28.4 Å². The zero-order valence-electron chi connectivity index (χ0n) is 7.90. The van der Waals surface area contributed by atoms with Gasteiger partial charge in [-0.15, -0.1) is 0 Å². The first kappa shape index (κ1) is 8.44. The highest BCUT2D eigenvalue weighted by Gasteiger charge is 2.22. The lowest BCUT2D eigenvalue weighted by Gasteiger charge is -2.30. The number of hydrogen-bond donors (Lipinski definition) is 0. The Morgan fingerprint density at radius 2 is 2.38 bits per heavy atom. The average molecular weight is 179 g/mol. The summed E-state index contributed by atoms with van der Waals surface area (Å²) in [5, 5.41) is 0. The van der Waals surface area contributed by atoms with Crippen LogP contribution in [0.3, 0.4) is 0 Å². The Morgan fingerprint density at radius 3 is 3.08 bits per heavy atom. The van der Waals surface area contributed by atoms with Gasteiger partial charge in [-0.1, -0.05) is 0 Å². The van der Waals surface area contributed by atoms with Gasteiger partial charge in [-0.2, -0.15) is 0 Å². The Labute approximate surface area is 77.2 Å². The molecule has 0 bridgehead atoms. The third-order valence-electron chi connectivity index (χ3n) is 2.68. The predicted molar refractivity (Wildman–Crippen MR) is 48.7 cm³/mol. The molecule has 0 saturated heterocycles. The molecule has 4 nitrogen and oxygen atoms in total. The van der Waals surface area contributed by atoms with E-state index in [1.54, 1.807) is 0 Å². The zero-order chi connectivity index (χ0) is 9.42. The van der Waals surface area contributed by atoms with Crippen molar-refractivity contribution in [3.63, 3.8) is 0 Å². The molecule has 0 amide bonds. The number of nitrogens with zero attached hydrogens (tertiary/aromatic N) is 3. The molecule has 0 radical (unpaired) electrons. The monoisotopic (exact) mass is 179 g/mol. The van der Waals surface area contributed by atoms with Crippen LogP contribution in [-0.4, -0.2) is 34.3 Å². The maximum atomic E-state index is 10.5. The average Bonchev–Trinajstić information content (AvgIpc) is 2.55. The lowest BCUT2D eigenvalue weighted by Crippen LogP contribution is -2.33. The van der Waals surface area contributed by atoms with Gasteiger partial charge in [0, 0.05) is 19.3 Å². The standard InChI is InChI=1S/C9H13N3O/c1-7-9-10-8(6-13)5-12(9)4-3-11(7)2/h5-7H,3-4H2,1-2H3/t7-/m1/s1. The smallest absolute Gasteiger partial charge is 0.170 e. The quantitative estimate of drug-likeness (QED) is 0.596. The summed E-state index contributed by atoms with van der Waals surface area (Å²) in [5.41, 5.74) is 0.539. The number of aldehydes is 1. The summed E-state index contributed by atoms with van der Waals surface area (Å²) in [6.07, 6.45) is 2.63. The van der Waals surface area contributed by atoms with Crippen molar-refractivity contribution < 1.29 is 4.79 Å². The highest BCUT2D eigenvalue weighted by atomic mass is 16.1. The molecule has 0 aromatic carbocycles. The summed E-state index contributed by atoms with van der Waals surface area (Å²) >= 11 is 0. The van der Waals surface area contributed by atoms with Crippen molar-refractivity contribution in [1.29, 1.82) is 0 Å². The largest absolute Gasteiger partial charge is 0.332 e. The van der Waals surface area contributed by atoms with Crippen molar-refractivity contribution in [2.45, 2.75) is 19.5 Å². The number of carbonyl (C=O) groups is 1. The lowest BCUT2D eigenvalue weighted by atomic mass is 10.2. The molecule has 0 aliphatic carbocycles. The second kappa shape index (κ2) is 2.96. The molecular weight excluding hydrogens is 166 g/mol. The molecule has 0 unspecified atom stereocenters. The van der Waals surface area contributed by atoms with E-state index in [9.17, 15) is 4.79 Å². The van der Waals surface area contributed by atoms with Crippen LogP contribution < -0.4 is 0 Å². The summed E-state index contributed by atoms with van der Waals surface area (Å²) in [6, 6.07) is 0.308. The van der Waals surface area contributed by atoms with Gasteiger partial charge in [-0.25, -0.2) is 4.98 Å². The number of fused-ring (bicyclic) bond motifs is 1. The molecule has 0 saturated carbocycles. The van der Waals surface area contributed by atoms with E-state index < -0.39 is 0 Å². The maximum absolute atomic E-state index is 10.5. The highest BCUT2D eigenvalue weighted by Crippen LogP contribution is 2.21. The molecule has 1 aliphatic rings. The Morgan fingerprint density at radius 1 is 1.62 bits per heavy atom. The van der Waals surface area contributed by atoms with Crippen molar-refractivity contribution >= 4 is 6.29 Å². The van der Waals surface area contributed by atoms with Gasteiger partial charge < -0.3 is 4.57 Å². The van der Waals surface area contributed by atoms with E-state index >= 15 is 0 Å². The number of imidazole rings is 1. The zero-order valence-corrected chi connectivity index (χ0v) is 7.90. The number of likely N-dealkylation sites (N-methyl/N-ethyl adjacent to an activating group) is 1. The van der Waals surface area contributed by atoms with Gasteiger partial charge in [0.05, 0.1) is 6.04 Å². The maximum Gasteiger partial charge on any atom is 0.170 e. The number of carbonyl (C=O) groups excluding carboxylic acids is 1. The number of rotatable bonds is 1. The highest BCUT2D eigenvalue weighted by molar-refractivity contribution is 5.71. The molecule has 1 aliphatic heterocycles. The SMILES string of the molecule is C[C@@H]1c2nc(C=O)cn2CCN1C. The molecule has 0 spiro atoms. The summed E-state index contributed by atoms with van der Waals surface area (Å²) < 4.78 is 2.06. The molecule has 70 valence electrons. The Hall–Kier alpha value is -1.16. The summed E-state index contributed by atoms with van der Waals surface area (Å²) in [7, 11) is 2.07. The molecule has 1 atom stereocenters. The van der Waals surface area contributed by atoms with Crippen LogP contribution in [-0.2, 0) is 6.54 Å². The second-order valence-electron chi connectivity index (χ2n) is 3.49. The van der Waals surface area contributed by atoms with Crippen LogP contribution in [0.15, 0.2) is 6.20 Å². The van der Waals surface area contributed by atoms with Gasteiger partial charge in [-0.05, 0) is 14.0 Å².